The van der Waals surface area contributed by atoms with E-state index in [4.69, 9.17) is 16.8 Å². The number of hydrogen-bond donors (Lipinski definition) is 1. The van der Waals surface area contributed by atoms with E-state index in [0.717, 1.165) is 24.0 Å². The van der Waals surface area contributed by atoms with Crippen LogP contribution in [0, 0.1) is 0 Å². The summed E-state index contributed by atoms with van der Waals surface area (Å²) in [5.41, 5.74) is 1.96. The average molecular weight is 226 g/mol. The molecule has 3 heteroatoms. The fraction of sp³-hybridized carbons (Fsp3) is 0.417. The molecule has 1 atom stereocenters. The first-order valence-corrected chi connectivity index (χ1v) is 5.54. The summed E-state index contributed by atoms with van der Waals surface area (Å²) in [6.07, 6.45) is 3.64. The summed E-state index contributed by atoms with van der Waals surface area (Å²) in [7, 11) is 0. The van der Waals surface area contributed by atoms with Gasteiger partial charge in [-0.25, -0.2) is 0 Å². The summed E-state index contributed by atoms with van der Waals surface area (Å²) in [5, 5.41) is 12.3. The molecule has 1 rings (SSSR count). The fourth-order valence-electron chi connectivity index (χ4n) is 1.77. The van der Waals surface area contributed by atoms with E-state index in [1.54, 1.807) is 6.07 Å². The van der Waals surface area contributed by atoms with Crippen molar-refractivity contribution in [1.29, 1.82) is 0 Å². The van der Waals surface area contributed by atoms with E-state index in [2.05, 4.69) is 19.0 Å². The van der Waals surface area contributed by atoms with Crippen molar-refractivity contribution < 1.29 is 5.21 Å². The van der Waals surface area contributed by atoms with Crippen molar-refractivity contribution in [3.8, 4) is 0 Å². The van der Waals surface area contributed by atoms with Gasteiger partial charge in [0.1, 0.15) is 0 Å². The number of oxime groups is 1. The van der Waals surface area contributed by atoms with Crippen LogP contribution in [-0.4, -0.2) is 11.4 Å². The number of nitrogens with zero attached hydrogens (tertiary/aromatic N) is 1. The highest BCUT2D eigenvalue weighted by atomic mass is 35.5. The molecule has 1 aromatic rings. The molecule has 0 saturated heterocycles. The van der Waals surface area contributed by atoms with Gasteiger partial charge in [0.25, 0.3) is 0 Å². The minimum Gasteiger partial charge on any atom is -0.411 e. The smallest absolute Gasteiger partial charge is 0.0751 e. The topological polar surface area (TPSA) is 32.6 Å². The van der Waals surface area contributed by atoms with Crippen molar-refractivity contribution in [2.24, 2.45) is 5.16 Å². The van der Waals surface area contributed by atoms with E-state index in [1.165, 1.54) is 6.21 Å². The van der Waals surface area contributed by atoms with E-state index in [9.17, 15) is 0 Å². The molecule has 1 N–H and O–H groups in total. The summed E-state index contributed by atoms with van der Waals surface area (Å²) < 4.78 is 0. The Bertz CT molecular complexity index is 349. The van der Waals surface area contributed by atoms with E-state index in [-0.39, 0.29) is 0 Å². The third-order valence-corrected chi connectivity index (χ3v) is 2.86. The first kappa shape index (κ1) is 12.1. The van der Waals surface area contributed by atoms with Crippen LogP contribution in [0.3, 0.4) is 0 Å². The van der Waals surface area contributed by atoms with Crippen LogP contribution in [-0.2, 0) is 0 Å². The normalized spacial score (nSPS) is 13.3. The van der Waals surface area contributed by atoms with Gasteiger partial charge in [0.2, 0.25) is 0 Å². The Kier molecular flexibility index (Phi) is 4.63. The number of rotatable bonds is 4. The molecule has 0 fully saturated rings. The number of halogens is 1. The first-order chi connectivity index (χ1) is 7.20. The highest BCUT2D eigenvalue weighted by Crippen LogP contribution is 2.27. The van der Waals surface area contributed by atoms with E-state index in [1.807, 2.05) is 12.1 Å². The van der Waals surface area contributed by atoms with E-state index >= 15 is 0 Å². The van der Waals surface area contributed by atoms with Crippen LogP contribution in [0.1, 0.15) is 43.7 Å². The van der Waals surface area contributed by atoms with Crippen molar-refractivity contribution in [2.75, 3.05) is 0 Å². The molecule has 82 valence electrons. The minimum absolute atomic E-state index is 0.432. The van der Waals surface area contributed by atoms with Crippen LogP contribution in [0.15, 0.2) is 23.4 Å². The van der Waals surface area contributed by atoms with Crippen molar-refractivity contribution in [1.82, 2.24) is 0 Å². The van der Waals surface area contributed by atoms with E-state index < -0.39 is 0 Å². The second kappa shape index (κ2) is 5.76. The molecule has 0 spiro atoms. The van der Waals surface area contributed by atoms with Crippen molar-refractivity contribution in [3.63, 3.8) is 0 Å². The van der Waals surface area contributed by atoms with Gasteiger partial charge < -0.3 is 5.21 Å². The molecule has 0 aliphatic carbocycles. The van der Waals surface area contributed by atoms with Crippen LogP contribution < -0.4 is 0 Å². The molecule has 0 aliphatic heterocycles. The van der Waals surface area contributed by atoms with Gasteiger partial charge in [0.15, 0.2) is 0 Å². The van der Waals surface area contributed by atoms with Gasteiger partial charge in [0, 0.05) is 10.6 Å². The minimum atomic E-state index is 0.432. The maximum atomic E-state index is 8.59. The Morgan fingerprint density at radius 3 is 2.87 bits per heavy atom. The second-order valence-electron chi connectivity index (χ2n) is 3.68. The standard InChI is InChI=1S/C12H16ClNO/c1-3-5-9(2)10-6-4-7-12(13)11(10)8-14-15/h4,6-9,15H,3,5H2,1-2H3/b14-8+. The van der Waals surface area contributed by atoms with Gasteiger partial charge in [-0.05, 0) is 24.0 Å². The third kappa shape index (κ3) is 2.96. The SMILES string of the molecule is CCCC(C)c1cccc(Cl)c1/C=N/O. The van der Waals surface area contributed by atoms with Gasteiger partial charge >= 0.3 is 0 Å². The van der Waals surface area contributed by atoms with Crippen molar-refractivity contribution in [3.05, 3.63) is 34.3 Å². The quantitative estimate of drug-likeness (QED) is 0.468. The first-order valence-electron chi connectivity index (χ1n) is 5.16. The fourth-order valence-corrected chi connectivity index (χ4v) is 2.00. The molecule has 15 heavy (non-hydrogen) atoms. The lowest BCUT2D eigenvalue weighted by Crippen LogP contribution is -1.99. The Balaban J connectivity index is 3.10. The molecule has 1 aromatic carbocycles. The summed E-state index contributed by atoms with van der Waals surface area (Å²) in [6.45, 7) is 4.31. The summed E-state index contributed by atoms with van der Waals surface area (Å²) in [6, 6.07) is 5.77. The lowest BCUT2D eigenvalue weighted by molar-refractivity contribution is 0.322. The zero-order chi connectivity index (χ0) is 11.3. The zero-order valence-electron chi connectivity index (χ0n) is 9.07. The molecule has 0 bridgehead atoms. The highest BCUT2D eigenvalue weighted by molar-refractivity contribution is 6.33. The Morgan fingerprint density at radius 2 is 2.27 bits per heavy atom. The maximum Gasteiger partial charge on any atom is 0.0751 e. The molecular weight excluding hydrogens is 210 g/mol. The van der Waals surface area contributed by atoms with Crippen LogP contribution in [0.5, 0.6) is 0 Å². The highest BCUT2D eigenvalue weighted by Gasteiger charge is 2.11. The summed E-state index contributed by atoms with van der Waals surface area (Å²) in [5.74, 6) is 0.432. The lowest BCUT2D eigenvalue weighted by Gasteiger charge is -2.14. The van der Waals surface area contributed by atoms with Crippen LogP contribution in [0.2, 0.25) is 5.02 Å². The molecule has 0 aliphatic rings. The van der Waals surface area contributed by atoms with Crippen LogP contribution in [0.25, 0.3) is 0 Å². The molecule has 0 aromatic heterocycles. The maximum absolute atomic E-state index is 8.59. The third-order valence-electron chi connectivity index (χ3n) is 2.53. The predicted molar refractivity (Wildman–Crippen MR) is 64.2 cm³/mol. The lowest BCUT2D eigenvalue weighted by atomic mass is 9.92. The van der Waals surface area contributed by atoms with Crippen molar-refractivity contribution >= 4 is 17.8 Å². The molecule has 0 radical (unpaired) electrons. The molecule has 1 unspecified atom stereocenters. The Hall–Kier alpha value is -1.02. The average Bonchev–Trinajstić information content (AvgIpc) is 2.21. The molecule has 2 nitrogen and oxygen atoms in total. The van der Waals surface area contributed by atoms with Gasteiger partial charge in [0.05, 0.1) is 6.21 Å². The second-order valence-corrected chi connectivity index (χ2v) is 4.08. The summed E-state index contributed by atoms with van der Waals surface area (Å²) in [4.78, 5) is 0. The number of benzene rings is 1. The Labute approximate surface area is 95.6 Å². The van der Waals surface area contributed by atoms with Gasteiger partial charge in [-0.1, -0.05) is 49.2 Å². The van der Waals surface area contributed by atoms with Crippen LogP contribution >= 0.6 is 11.6 Å². The molecule has 0 saturated carbocycles. The zero-order valence-corrected chi connectivity index (χ0v) is 9.83. The van der Waals surface area contributed by atoms with Gasteiger partial charge in [-0.15, -0.1) is 0 Å². The molecule has 0 heterocycles. The molecule has 0 amide bonds. The van der Waals surface area contributed by atoms with Gasteiger partial charge in [-0.3, -0.25) is 0 Å². The van der Waals surface area contributed by atoms with Crippen LogP contribution in [0.4, 0.5) is 0 Å². The predicted octanol–water partition coefficient (Wildman–Crippen LogP) is 4.05. The van der Waals surface area contributed by atoms with Crippen molar-refractivity contribution in [2.45, 2.75) is 32.6 Å². The number of hydrogen-bond acceptors (Lipinski definition) is 2. The Morgan fingerprint density at radius 1 is 1.53 bits per heavy atom. The molecular formula is C12H16ClNO. The van der Waals surface area contributed by atoms with E-state index in [0.29, 0.717) is 10.9 Å². The summed E-state index contributed by atoms with van der Waals surface area (Å²) >= 11 is 6.05. The largest absolute Gasteiger partial charge is 0.411 e. The monoisotopic (exact) mass is 225 g/mol. The van der Waals surface area contributed by atoms with Gasteiger partial charge in [-0.2, -0.15) is 0 Å².